The molecule has 1 atom stereocenters. The number of aliphatic hydroxyl groups is 1. The molecule has 3 N–H and O–H groups in total. The van der Waals surface area contributed by atoms with E-state index in [0.717, 1.165) is 0 Å². The van der Waals surface area contributed by atoms with E-state index in [0.29, 0.717) is 16.5 Å². The normalized spacial score (nSPS) is 11.9. The number of aliphatic hydroxyl groups excluding tert-OH is 1. The predicted octanol–water partition coefficient (Wildman–Crippen LogP) is 1.84. The summed E-state index contributed by atoms with van der Waals surface area (Å²) in [5.74, 6) is 0.352. The van der Waals surface area contributed by atoms with E-state index in [1.807, 2.05) is 18.2 Å². The zero-order chi connectivity index (χ0) is 14.4. The molecule has 5 nitrogen and oxygen atoms in total. The van der Waals surface area contributed by atoms with Crippen LogP contribution in [0.1, 0.15) is 10.5 Å². The van der Waals surface area contributed by atoms with E-state index < -0.39 is 6.10 Å². The van der Waals surface area contributed by atoms with Gasteiger partial charge in [-0.25, -0.2) is 0 Å². The SMILES string of the molecule is O=C(NCC(O)COc1ccccc1)c1cc(Cl)c[nH]1. The van der Waals surface area contributed by atoms with Crippen LogP contribution in [0.25, 0.3) is 0 Å². The average molecular weight is 295 g/mol. The van der Waals surface area contributed by atoms with Crippen molar-refractivity contribution in [2.24, 2.45) is 0 Å². The Morgan fingerprint density at radius 1 is 1.40 bits per heavy atom. The highest BCUT2D eigenvalue weighted by Gasteiger charge is 2.11. The van der Waals surface area contributed by atoms with E-state index in [4.69, 9.17) is 16.3 Å². The molecule has 1 aromatic carbocycles. The fourth-order valence-electron chi connectivity index (χ4n) is 1.57. The molecule has 0 aliphatic carbocycles. The first-order valence-electron chi connectivity index (χ1n) is 6.13. The van der Waals surface area contributed by atoms with Crippen molar-refractivity contribution in [3.05, 3.63) is 53.3 Å². The molecule has 1 aromatic heterocycles. The van der Waals surface area contributed by atoms with Gasteiger partial charge in [0.25, 0.3) is 5.91 Å². The number of halogens is 1. The molecule has 2 aromatic rings. The molecular formula is C14H15ClN2O3. The molecule has 0 fully saturated rings. The Bertz CT molecular complexity index is 557. The van der Waals surface area contributed by atoms with Crippen LogP contribution < -0.4 is 10.1 Å². The second-order valence-electron chi connectivity index (χ2n) is 4.22. The first-order chi connectivity index (χ1) is 9.65. The number of hydrogen-bond donors (Lipinski definition) is 3. The fourth-order valence-corrected chi connectivity index (χ4v) is 1.74. The minimum Gasteiger partial charge on any atom is -0.491 e. The zero-order valence-corrected chi connectivity index (χ0v) is 11.4. The summed E-state index contributed by atoms with van der Waals surface area (Å²) in [5, 5.41) is 12.8. The van der Waals surface area contributed by atoms with Gasteiger partial charge in [0.2, 0.25) is 0 Å². The summed E-state index contributed by atoms with van der Waals surface area (Å²) in [4.78, 5) is 14.4. The molecular weight excluding hydrogens is 280 g/mol. The van der Waals surface area contributed by atoms with Crippen LogP contribution in [0.2, 0.25) is 5.02 Å². The highest BCUT2D eigenvalue weighted by Crippen LogP contribution is 2.09. The molecule has 1 heterocycles. The van der Waals surface area contributed by atoms with Crippen LogP contribution in [-0.4, -0.2) is 35.3 Å². The minimum absolute atomic E-state index is 0.0995. The molecule has 0 saturated heterocycles. The second-order valence-corrected chi connectivity index (χ2v) is 4.66. The number of rotatable bonds is 6. The maximum atomic E-state index is 11.7. The lowest BCUT2D eigenvalue weighted by molar-refractivity contribution is 0.0840. The number of H-pyrrole nitrogens is 1. The monoisotopic (exact) mass is 294 g/mol. The molecule has 0 aliphatic heterocycles. The third kappa shape index (κ3) is 4.29. The van der Waals surface area contributed by atoms with Crippen LogP contribution in [0.3, 0.4) is 0 Å². The van der Waals surface area contributed by atoms with Crippen LogP contribution in [0.5, 0.6) is 5.75 Å². The predicted molar refractivity (Wildman–Crippen MR) is 76.1 cm³/mol. The van der Waals surface area contributed by atoms with Gasteiger partial charge < -0.3 is 20.1 Å². The van der Waals surface area contributed by atoms with Crippen LogP contribution >= 0.6 is 11.6 Å². The van der Waals surface area contributed by atoms with Gasteiger partial charge >= 0.3 is 0 Å². The molecule has 20 heavy (non-hydrogen) atoms. The summed E-state index contributed by atoms with van der Waals surface area (Å²) in [6.45, 7) is 0.206. The number of aromatic amines is 1. The maximum Gasteiger partial charge on any atom is 0.267 e. The Labute approximate surface area is 121 Å². The van der Waals surface area contributed by atoms with Crippen molar-refractivity contribution in [3.8, 4) is 5.75 Å². The Balaban J connectivity index is 1.72. The van der Waals surface area contributed by atoms with Gasteiger partial charge in [-0.3, -0.25) is 4.79 Å². The Kier molecular flexibility index (Phi) is 5.03. The highest BCUT2D eigenvalue weighted by molar-refractivity contribution is 6.30. The van der Waals surface area contributed by atoms with Gasteiger partial charge in [-0.2, -0.15) is 0 Å². The van der Waals surface area contributed by atoms with E-state index in [9.17, 15) is 9.90 Å². The van der Waals surface area contributed by atoms with Crippen LogP contribution in [0.15, 0.2) is 42.6 Å². The highest BCUT2D eigenvalue weighted by atomic mass is 35.5. The second kappa shape index (κ2) is 6.98. The maximum absolute atomic E-state index is 11.7. The number of carbonyl (C=O) groups is 1. The lowest BCUT2D eigenvalue weighted by Crippen LogP contribution is -2.35. The summed E-state index contributed by atoms with van der Waals surface area (Å²) >= 11 is 5.70. The lowest BCUT2D eigenvalue weighted by atomic mass is 10.3. The molecule has 1 amide bonds. The third-order valence-corrected chi connectivity index (χ3v) is 2.79. The molecule has 2 rings (SSSR count). The smallest absolute Gasteiger partial charge is 0.267 e. The van der Waals surface area contributed by atoms with E-state index in [1.54, 1.807) is 12.1 Å². The largest absolute Gasteiger partial charge is 0.491 e. The lowest BCUT2D eigenvalue weighted by Gasteiger charge is -2.12. The standard InChI is InChI=1S/C14H15ClN2O3/c15-10-6-13(16-7-10)14(19)17-8-11(18)9-20-12-4-2-1-3-5-12/h1-7,11,16,18H,8-9H2,(H,17,19). The number of amides is 1. The van der Waals surface area contributed by atoms with Crippen molar-refractivity contribution in [1.82, 2.24) is 10.3 Å². The van der Waals surface area contributed by atoms with Crippen molar-refractivity contribution < 1.29 is 14.6 Å². The zero-order valence-electron chi connectivity index (χ0n) is 10.7. The van der Waals surface area contributed by atoms with E-state index in [1.165, 1.54) is 12.3 Å². The Morgan fingerprint density at radius 2 is 2.15 bits per heavy atom. The number of hydrogen-bond acceptors (Lipinski definition) is 3. The molecule has 0 bridgehead atoms. The molecule has 0 saturated carbocycles. The molecule has 106 valence electrons. The van der Waals surface area contributed by atoms with Gasteiger partial charge in [0.05, 0.1) is 5.02 Å². The van der Waals surface area contributed by atoms with Gasteiger partial charge in [-0.1, -0.05) is 29.8 Å². The van der Waals surface area contributed by atoms with Crippen LogP contribution in [0, 0.1) is 0 Å². The number of ether oxygens (including phenoxy) is 1. The summed E-state index contributed by atoms with van der Waals surface area (Å²) in [5.41, 5.74) is 0.353. The van der Waals surface area contributed by atoms with Crippen molar-refractivity contribution in [2.45, 2.75) is 6.10 Å². The molecule has 0 spiro atoms. The summed E-state index contributed by atoms with van der Waals surface area (Å²) in [6.07, 6.45) is 0.732. The summed E-state index contributed by atoms with van der Waals surface area (Å²) in [7, 11) is 0. The summed E-state index contributed by atoms with van der Waals surface area (Å²) < 4.78 is 5.38. The Hall–Kier alpha value is -1.98. The van der Waals surface area contributed by atoms with Crippen LogP contribution in [0.4, 0.5) is 0 Å². The van der Waals surface area contributed by atoms with Crippen molar-refractivity contribution >= 4 is 17.5 Å². The van der Waals surface area contributed by atoms with E-state index >= 15 is 0 Å². The third-order valence-electron chi connectivity index (χ3n) is 2.58. The first kappa shape index (κ1) is 14.4. The average Bonchev–Trinajstić information content (AvgIpc) is 2.90. The quantitative estimate of drug-likeness (QED) is 0.761. The van der Waals surface area contributed by atoms with Crippen molar-refractivity contribution in [1.29, 1.82) is 0 Å². The fraction of sp³-hybridized carbons (Fsp3) is 0.214. The van der Waals surface area contributed by atoms with E-state index in [-0.39, 0.29) is 19.1 Å². The van der Waals surface area contributed by atoms with Crippen molar-refractivity contribution in [3.63, 3.8) is 0 Å². The van der Waals surface area contributed by atoms with Crippen molar-refractivity contribution in [2.75, 3.05) is 13.2 Å². The number of benzene rings is 1. The number of aromatic nitrogens is 1. The number of carbonyl (C=O) groups excluding carboxylic acids is 1. The Morgan fingerprint density at radius 3 is 2.80 bits per heavy atom. The molecule has 0 radical (unpaired) electrons. The van der Waals surface area contributed by atoms with Gasteiger partial charge in [0, 0.05) is 12.7 Å². The number of nitrogens with one attached hydrogen (secondary N) is 2. The van der Waals surface area contributed by atoms with Gasteiger partial charge in [0.1, 0.15) is 24.2 Å². The van der Waals surface area contributed by atoms with Gasteiger partial charge in [-0.15, -0.1) is 0 Å². The van der Waals surface area contributed by atoms with Gasteiger partial charge in [0.15, 0.2) is 0 Å². The molecule has 0 aliphatic rings. The first-order valence-corrected chi connectivity index (χ1v) is 6.51. The minimum atomic E-state index is -0.787. The van der Waals surface area contributed by atoms with Gasteiger partial charge in [-0.05, 0) is 18.2 Å². The van der Waals surface area contributed by atoms with Crippen LogP contribution in [-0.2, 0) is 0 Å². The van der Waals surface area contributed by atoms with E-state index in [2.05, 4.69) is 10.3 Å². The number of para-hydroxylation sites is 1. The molecule has 6 heteroatoms. The summed E-state index contributed by atoms with van der Waals surface area (Å²) in [6, 6.07) is 10.7. The molecule has 1 unspecified atom stereocenters. The topological polar surface area (TPSA) is 74.3 Å².